The van der Waals surface area contributed by atoms with E-state index in [1.54, 1.807) is 24.5 Å². The molecule has 14 heavy (non-hydrogen) atoms. The van der Waals surface area contributed by atoms with Gasteiger partial charge in [0.05, 0.1) is 7.11 Å². The molecule has 0 aromatic carbocycles. The predicted octanol–water partition coefficient (Wildman–Crippen LogP) is 1.92. The van der Waals surface area contributed by atoms with Gasteiger partial charge < -0.3 is 4.74 Å². The van der Waals surface area contributed by atoms with E-state index >= 15 is 0 Å². The quantitative estimate of drug-likeness (QED) is 0.754. The standard InChI is InChI=1S/C9H9N3OS/c1-6-4-10-9(14-6)7-3-8(13-2)12-5-11-7/h3-5H,1-2H3. The molecule has 0 fully saturated rings. The van der Waals surface area contributed by atoms with Crippen molar-refractivity contribution in [2.24, 2.45) is 0 Å². The zero-order chi connectivity index (χ0) is 9.97. The van der Waals surface area contributed by atoms with Gasteiger partial charge in [0.15, 0.2) is 0 Å². The Bertz CT molecular complexity index is 441. The Hall–Kier alpha value is -1.49. The van der Waals surface area contributed by atoms with Crippen molar-refractivity contribution in [2.45, 2.75) is 6.92 Å². The van der Waals surface area contributed by atoms with Gasteiger partial charge in [0, 0.05) is 17.1 Å². The molecule has 0 saturated carbocycles. The summed E-state index contributed by atoms with van der Waals surface area (Å²) in [7, 11) is 1.58. The van der Waals surface area contributed by atoms with E-state index in [1.165, 1.54) is 6.33 Å². The molecule has 0 spiro atoms. The van der Waals surface area contributed by atoms with E-state index in [4.69, 9.17) is 4.74 Å². The van der Waals surface area contributed by atoms with Gasteiger partial charge in [-0.25, -0.2) is 15.0 Å². The fourth-order valence-electron chi connectivity index (χ4n) is 1.04. The van der Waals surface area contributed by atoms with Crippen LogP contribution in [0.15, 0.2) is 18.6 Å². The number of hydrogen-bond donors (Lipinski definition) is 0. The van der Waals surface area contributed by atoms with Gasteiger partial charge in [-0.15, -0.1) is 11.3 Å². The van der Waals surface area contributed by atoms with Gasteiger partial charge in [-0.05, 0) is 6.92 Å². The SMILES string of the molecule is COc1cc(-c2ncc(C)s2)ncn1. The van der Waals surface area contributed by atoms with Gasteiger partial charge in [0.2, 0.25) is 5.88 Å². The zero-order valence-electron chi connectivity index (χ0n) is 7.89. The van der Waals surface area contributed by atoms with E-state index in [0.29, 0.717) is 5.88 Å². The molecule has 0 aliphatic carbocycles. The molecule has 2 rings (SSSR count). The highest BCUT2D eigenvalue weighted by Gasteiger charge is 2.05. The molecule has 0 N–H and O–H groups in total. The summed E-state index contributed by atoms with van der Waals surface area (Å²) >= 11 is 1.60. The fourth-order valence-corrected chi connectivity index (χ4v) is 1.77. The minimum Gasteiger partial charge on any atom is -0.481 e. The van der Waals surface area contributed by atoms with Gasteiger partial charge in [0.25, 0.3) is 0 Å². The first-order chi connectivity index (χ1) is 6.79. The molecule has 5 heteroatoms. The van der Waals surface area contributed by atoms with Crippen molar-refractivity contribution in [1.29, 1.82) is 0 Å². The fraction of sp³-hybridized carbons (Fsp3) is 0.222. The van der Waals surface area contributed by atoms with E-state index < -0.39 is 0 Å². The van der Waals surface area contributed by atoms with Gasteiger partial charge in [-0.3, -0.25) is 0 Å². The maximum atomic E-state index is 5.01. The normalized spacial score (nSPS) is 10.1. The summed E-state index contributed by atoms with van der Waals surface area (Å²) in [6.45, 7) is 2.01. The minimum absolute atomic E-state index is 0.558. The van der Waals surface area contributed by atoms with Gasteiger partial charge in [-0.2, -0.15) is 0 Å². The lowest BCUT2D eigenvalue weighted by atomic mass is 10.4. The first-order valence-corrected chi connectivity index (χ1v) is 4.90. The van der Waals surface area contributed by atoms with Crippen molar-refractivity contribution >= 4 is 11.3 Å². The highest BCUT2D eigenvalue weighted by Crippen LogP contribution is 2.24. The summed E-state index contributed by atoms with van der Waals surface area (Å²) in [4.78, 5) is 13.5. The van der Waals surface area contributed by atoms with Crippen LogP contribution in [0, 0.1) is 6.92 Å². The third-order valence-electron chi connectivity index (χ3n) is 1.69. The maximum Gasteiger partial charge on any atom is 0.216 e. The summed E-state index contributed by atoms with van der Waals surface area (Å²) in [6.07, 6.45) is 3.31. The van der Waals surface area contributed by atoms with E-state index in [2.05, 4.69) is 15.0 Å². The Morgan fingerprint density at radius 3 is 2.79 bits per heavy atom. The van der Waals surface area contributed by atoms with E-state index in [0.717, 1.165) is 15.6 Å². The molecule has 0 aliphatic heterocycles. The number of rotatable bonds is 2. The number of aryl methyl sites for hydroxylation is 1. The maximum absolute atomic E-state index is 5.01. The Balaban J connectivity index is 2.41. The Morgan fingerprint density at radius 1 is 1.29 bits per heavy atom. The lowest BCUT2D eigenvalue weighted by molar-refractivity contribution is 0.397. The number of thiazole rings is 1. The molecule has 0 atom stereocenters. The van der Waals surface area contributed by atoms with E-state index in [1.807, 2.05) is 13.1 Å². The Labute approximate surface area is 85.6 Å². The molecule has 0 aliphatic rings. The van der Waals surface area contributed by atoms with Crippen molar-refractivity contribution in [3.8, 4) is 16.6 Å². The molecule has 0 saturated heterocycles. The van der Waals surface area contributed by atoms with Crippen LogP contribution in [0.1, 0.15) is 4.88 Å². The summed E-state index contributed by atoms with van der Waals surface area (Å²) in [5.41, 5.74) is 0.801. The zero-order valence-corrected chi connectivity index (χ0v) is 8.71. The van der Waals surface area contributed by atoms with Crippen LogP contribution in [-0.2, 0) is 0 Å². The molecule has 0 bridgehead atoms. The van der Waals surface area contributed by atoms with Crippen LogP contribution < -0.4 is 4.74 Å². The van der Waals surface area contributed by atoms with Crippen LogP contribution in [0.25, 0.3) is 10.7 Å². The average Bonchev–Trinajstić information content (AvgIpc) is 2.65. The third-order valence-corrected chi connectivity index (χ3v) is 2.63. The lowest BCUT2D eigenvalue weighted by Crippen LogP contribution is -1.90. The highest BCUT2D eigenvalue weighted by atomic mass is 32.1. The summed E-state index contributed by atoms with van der Waals surface area (Å²) in [5, 5.41) is 0.892. The second-order valence-electron chi connectivity index (χ2n) is 2.72. The van der Waals surface area contributed by atoms with Gasteiger partial charge in [-0.1, -0.05) is 0 Å². The molecule has 2 heterocycles. The van der Waals surface area contributed by atoms with Crippen molar-refractivity contribution in [3.05, 3.63) is 23.5 Å². The molecular weight excluding hydrogens is 198 g/mol. The average molecular weight is 207 g/mol. The first-order valence-electron chi connectivity index (χ1n) is 4.08. The van der Waals surface area contributed by atoms with Gasteiger partial charge in [0.1, 0.15) is 17.0 Å². The highest BCUT2D eigenvalue weighted by molar-refractivity contribution is 7.14. The lowest BCUT2D eigenvalue weighted by Gasteiger charge is -1.98. The van der Waals surface area contributed by atoms with Crippen molar-refractivity contribution in [2.75, 3.05) is 7.11 Å². The molecule has 2 aromatic heterocycles. The molecule has 0 amide bonds. The number of methoxy groups -OCH3 is 1. The molecular formula is C9H9N3OS. The van der Waals surface area contributed by atoms with Crippen LogP contribution in [0.4, 0.5) is 0 Å². The monoisotopic (exact) mass is 207 g/mol. The van der Waals surface area contributed by atoms with E-state index in [-0.39, 0.29) is 0 Å². The Kier molecular flexibility index (Phi) is 2.41. The molecule has 72 valence electrons. The van der Waals surface area contributed by atoms with Crippen molar-refractivity contribution in [3.63, 3.8) is 0 Å². The van der Waals surface area contributed by atoms with Crippen LogP contribution in [0.3, 0.4) is 0 Å². The second kappa shape index (κ2) is 3.71. The Morgan fingerprint density at radius 2 is 2.14 bits per heavy atom. The topological polar surface area (TPSA) is 47.9 Å². The second-order valence-corrected chi connectivity index (χ2v) is 3.96. The van der Waals surface area contributed by atoms with Crippen molar-refractivity contribution < 1.29 is 4.74 Å². The van der Waals surface area contributed by atoms with E-state index in [9.17, 15) is 0 Å². The number of nitrogens with zero attached hydrogens (tertiary/aromatic N) is 3. The summed E-state index contributed by atoms with van der Waals surface area (Å²) in [5.74, 6) is 0.558. The number of hydrogen-bond acceptors (Lipinski definition) is 5. The minimum atomic E-state index is 0.558. The molecule has 0 radical (unpaired) electrons. The summed E-state index contributed by atoms with van der Waals surface area (Å²) < 4.78 is 5.01. The van der Waals surface area contributed by atoms with Crippen LogP contribution in [0.2, 0.25) is 0 Å². The van der Waals surface area contributed by atoms with Gasteiger partial charge >= 0.3 is 0 Å². The molecule has 0 unspecified atom stereocenters. The number of ether oxygens (including phenoxy) is 1. The largest absolute Gasteiger partial charge is 0.481 e. The summed E-state index contributed by atoms with van der Waals surface area (Å²) in [6, 6.07) is 1.78. The molecule has 2 aromatic rings. The predicted molar refractivity (Wildman–Crippen MR) is 54.4 cm³/mol. The first kappa shape index (κ1) is 9.08. The third kappa shape index (κ3) is 1.72. The van der Waals surface area contributed by atoms with Crippen LogP contribution in [0.5, 0.6) is 5.88 Å². The van der Waals surface area contributed by atoms with Crippen LogP contribution >= 0.6 is 11.3 Å². The smallest absolute Gasteiger partial charge is 0.216 e. The van der Waals surface area contributed by atoms with Crippen molar-refractivity contribution in [1.82, 2.24) is 15.0 Å². The van der Waals surface area contributed by atoms with Crippen LogP contribution in [-0.4, -0.2) is 22.1 Å². The molecule has 4 nitrogen and oxygen atoms in total. The number of aromatic nitrogens is 3.